The second-order valence-corrected chi connectivity index (χ2v) is 11.5. The second-order valence-electron chi connectivity index (χ2n) is 8.29. The zero-order valence-electron chi connectivity index (χ0n) is 18.3. The van der Waals surface area contributed by atoms with Crippen molar-refractivity contribution in [3.8, 4) is 0 Å². The molecule has 1 aromatic heterocycles. The molecule has 31 heavy (non-hydrogen) atoms. The average Bonchev–Trinajstić information content (AvgIpc) is 3.19. The maximum Gasteiger partial charge on any atom is 0.253 e. The molecule has 6 nitrogen and oxygen atoms in total. The SMILES string of the molecule is Cc1cc(C(=O)N2CCC(c3nc4ccccc4s3)CC2)cc(S(=O)(=O)N(C)C)c1C. The van der Waals surface area contributed by atoms with E-state index in [-0.39, 0.29) is 10.8 Å². The van der Waals surface area contributed by atoms with Crippen molar-refractivity contribution in [2.45, 2.75) is 37.5 Å². The fourth-order valence-electron chi connectivity index (χ4n) is 3.99. The minimum absolute atomic E-state index is 0.110. The third kappa shape index (κ3) is 4.12. The van der Waals surface area contributed by atoms with E-state index >= 15 is 0 Å². The number of sulfonamides is 1. The van der Waals surface area contributed by atoms with E-state index in [2.05, 4.69) is 6.07 Å². The van der Waals surface area contributed by atoms with Gasteiger partial charge in [0.2, 0.25) is 10.0 Å². The van der Waals surface area contributed by atoms with Crippen LogP contribution in [0.15, 0.2) is 41.3 Å². The van der Waals surface area contributed by atoms with Crippen molar-refractivity contribution >= 4 is 37.5 Å². The van der Waals surface area contributed by atoms with E-state index in [0.717, 1.165) is 28.9 Å². The molecule has 1 amide bonds. The van der Waals surface area contributed by atoms with Crippen molar-refractivity contribution in [1.29, 1.82) is 0 Å². The number of thiazole rings is 1. The Balaban J connectivity index is 1.53. The number of likely N-dealkylation sites (tertiary alicyclic amines) is 1. The highest BCUT2D eigenvalue weighted by atomic mass is 32.2. The molecule has 2 aromatic carbocycles. The van der Waals surface area contributed by atoms with E-state index in [1.807, 2.05) is 30.0 Å². The van der Waals surface area contributed by atoms with Gasteiger partial charge in [-0.25, -0.2) is 17.7 Å². The van der Waals surface area contributed by atoms with E-state index in [4.69, 9.17) is 4.98 Å². The Bertz CT molecular complexity index is 1210. The summed E-state index contributed by atoms with van der Waals surface area (Å²) in [6, 6.07) is 11.5. The maximum absolute atomic E-state index is 13.2. The smallest absolute Gasteiger partial charge is 0.253 e. The third-order valence-corrected chi connectivity index (χ3v) is 9.21. The van der Waals surface area contributed by atoms with Crippen LogP contribution in [0, 0.1) is 13.8 Å². The molecular formula is C23H27N3O3S2. The number of carbonyl (C=O) groups excluding carboxylic acids is 1. The third-order valence-electron chi connectivity index (χ3n) is 6.07. The molecule has 2 heterocycles. The minimum atomic E-state index is -3.62. The molecule has 0 bridgehead atoms. The molecule has 0 N–H and O–H groups in total. The molecule has 1 fully saturated rings. The number of amides is 1. The first-order valence-corrected chi connectivity index (χ1v) is 12.6. The molecule has 1 saturated heterocycles. The Morgan fingerprint density at radius 1 is 1.13 bits per heavy atom. The van der Waals surface area contributed by atoms with Gasteiger partial charge in [-0.15, -0.1) is 11.3 Å². The van der Waals surface area contributed by atoms with E-state index in [0.29, 0.717) is 30.1 Å². The quantitative estimate of drug-likeness (QED) is 0.589. The summed E-state index contributed by atoms with van der Waals surface area (Å²) in [5.74, 6) is 0.243. The Morgan fingerprint density at radius 2 is 1.81 bits per heavy atom. The van der Waals surface area contributed by atoms with Crippen LogP contribution in [0.5, 0.6) is 0 Å². The fourth-order valence-corrected chi connectivity index (χ4v) is 6.35. The predicted octanol–water partition coefficient (Wildman–Crippen LogP) is 4.18. The molecule has 1 aliphatic rings. The number of piperidine rings is 1. The molecule has 0 aliphatic carbocycles. The van der Waals surface area contributed by atoms with Gasteiger partial charge in [0.25, 0.3) is 5.91 Å². The molecule has 4 rings (SSSR count). The average molecular weight is 458 g/mol. The highest BCUT2D eigenvalue weighted by Gasteiger charge is 2.28. The summed E-state index contributed by atoms with van der Waals surface area (Å²) in [5.41, 5.74) is 2.95. The monoisotopic (exact) mass is 457 g/mol. The van der Waals surface area contributed by atoms with Crippen LogP contribution in [0.4, 0.5) is 0 Å². The predicted molar refractivity (Wildman–Crippen MR) is 124 cm³/mol. The lowest BCUT2D eigenvalue weighted by Gasteiger charge is -2.31. The molecule has 0 saturated carbocycles. The van der Waals surface area contributed by atoms with Crippen LogP contribution in [0.1, 0.15) is 45.3 Å². The van der Waals surface area contributed by atoms with Gasteiger partial charge in [-0.3, -0.25) is 4.79 Å². The molecule has 1 aliphatic heterocycles. The van der Waals surface area contributed by atoms with Crippen LogP contribution in [0.25, 0.3) is 10.2 Å². The van der Waals surface area contributed by atoms with Crippen LogP contribution in [0.3, 0.4) is 0 Å². The van der Waals surface area contributed by atoms with Crippen LogP contribution < -0.4 is 0 Å². The normalized spacial score (nSPS) is 15.7. The van der Waals surface area contributed by atoms with Gasteiger partial charge in [0.05, 0.1) is 20.1 Å². The van der Waals surface area contributed by atoms with Crippen molar-refractivity contribution in [3.63, 3.8) is 0 Å². The summed E-state index contributed by atoms with van der Waals surface area (Å²) in [7, 11) is -0.608. The maximum atomic E-state index is 13.2. The summed E-state index contributed by atoms with van der Waals surface area (Å²) in [4.78, 5) is 20.0. The fraction of sp³-hybridized carbons (Fsp3) is 0.391. The van der Waals surface area contributed by atoms with Gasteiger partial charge >= 0.3 is 0 Å². The summed E-state index contributed by atoms with van der Waals surface area (Å²) in [6.45, 7) is 4.91. The van der Waals surface area contributed by atoms with Gasteiger partial charge in [-0.05, 0) is 62.1 Å². The van der Waals surface area contributed by atoms with Gasteiger partial charge in [0.15, 0.2) is 0 Å². The number of rotatable bonds is 4. The van der Waals surface area contributed by atoms with Crippen LogP contribution in [-0.2, 0) is 10.0 Å². The first-order chi connectivity index (χ1) is 14.7. The lowest BCUT2D eigenvalue weighted by atomic mass is 9.96. The Kier molecular flexibility index (Phi) is 5.89. The van der Waals surface area contributed by atoms with Crippen molar-refractivity contribution in [1.82, 2.24) is 14.2 Å². The first-order valence-electron chi connectivity index (χ1n) is 10.4. The number of para-hydroxylation sites is 1. The molecule has 3 aromatic rings. The summed E-state index contributed by atoms with van der Waals surface area (Å²) < 4.78 is 27.8. The summed E-state index contributed by atoms with van der Waals surface area (Å²) >= 11 is 1.73. The van der Waals surface area contributed by atoms with Crippen LogP contribution in [-0.4, -0.2) is 55.7 Å². The molecular weight excluding hydrogens is 430 g/mol. The van der Waals surface area contributed by atoms with Gasteiger partial charge in [0, 0.05) is 38.7 Å². The number of nitrogens with zero attached hydrogens (tertiary/aromatic N) is 3. The van der Waals surface area contributed by atoms with Crippen LogP contribution in [0.2, 0.25) is 0 Å². The number of aryl methyl sites for hydroxylation is 1. The van der Waals surface area contributed by atoms with Crippen LogP contribution >= 0.6 is 11.3 Å². The van der Waals surface area contributed by atoms with Crippen molar-refractivity contribution in [2.24, 2.45) is 0 Å². The molecule has 164 valence electrons. The molecule has 0 spiro atoms. The topological polar surface area (TPSA) is 70.6 Å². The minimum Gasteiger partial charge on any atom is -0.339 e. The summed E-state index contributed by atoms with van der Waals surface area (Å²) in [6.07, 6.45) is 1.72. The highest BCUT2D eigenvalue weighted by molar-refractivity contribution is 7.89. The Labute approximate surface area is 187 Å². The van der Waals surface area contributed by atoms with Gasteiger partial charge in [0.1, 0.15) is 0 Å². The zero-order chi connectivity index (χ0) is 22.3. The van der Waals surface area contributed by atoms with Gasteiger partial charge in [-0.2, -0.15) is 0 Å². The lowest BCUT2D eigenvalue weighted by Crippen LogP contribution is -2.38. The van der Waals surface area contributed by atoms with Gasteiger partial charge in [-0.1, -0.05) is 12.1 Å². The lowest BCUT2D eigenvalue weighted by molar-refractivity contribution is 0.0712. The molecule has 8 heteroatoms. The standard InChI is InChI=1S/C23H27N3O3S2/c1-15-13-18(14-21(16(15)2)31(28,29)25(3)4)23(27)26-11-9-17(10-12-26)22-24-19-7-5-6-8-20(19)30-22/h5-8,13-14,17H,9-12H2,1-4H3. The number of benzene rings is 2. The van der Waals surface area contributed by atoms with Gasteiger partial charge < -0.3 is 4.90 Å². The summed E-state index contributed by atoms with van der Waals surface area (Å²) in [5, 5.41) is 1.14. The largest absolute Gasteiger partial charge is 0.339 e. The second kappa shape index (κ2) is 8.33. The van der Waals surface area contributed by atoms with E-state index < -0.39 is 10.0 Å². The number of fused-ring (bicyclic) bond motifs is 1. The number of aromatic nitrogens is 1. The van der Waals surface area contributed by atoms with E-state index in [9.17, 15) is 13.2 Å². The molecule has 0 radical (unpaired) electrons. The number of hydrogen-bond donors (Lipinski definition) is 0. The van der Waals surface area contributed by atoms with Crippen molar-refractivity contribution in [2.75, 3.05) is 27.2 Å². The zero-order valence-corrected chi connectivity index (χ0v) is 19.9. The Morgan fingerprint density at radius 3 is 2.45 bits per heavy atom. The number of hydrogen-bond acceptors (Lipinski definition) is 5. The number of carbonyl (C=O) groups is 1. The first kappa shape index (κ1) is 21.9. The van der Waals surface area contributed by atoms with Crippen molar-refractivity contribution < 1.29 is 13.2 Å². The molecule has 0 unspecified atom stereocenters. The van der Waals surface area contributed by atoms with Crippen molar-refractivity contribution in [3.05, 3.63) is 58.1 Å². The molecule has 0 atom stereocenters. The highest BCUT2D eigenvalue weighted by Crippen LogP contribution is 2.34. The Hall–Kier alpha value is -2.29. The van der Waals surface area contributed by atoms with E-state index in [1.54, 1.807) is 24.3 Å². The van der Waals surface area contributed by atoms with E-state index in [1.165, 1.54) is 29.2 Å².